The molecule has 0 radical (unpaired) electrons. The fourth-order valence-electron chi connectivity index (χ4n) is 2.22. The largest absolute Gasteiger partial charge is 0.469 e. The Kier molecular flexibility index (Phi) is 2.77. The van der Waals surface area contributed by atoms with Crippen molar-refractivity contribution in [2.45, 2.75) is 19.8 Å². The molecule has 0 aromatic heterocycles. The molecule has 16 heavy (non-hydrogen) atoms. The third-order valence-electron chi connectivity index (χ3n) is 3.13. The minimum atomic E-state index is -0.314. The molecule has 0 aliphatic heterocycles. The molecular formula is C13H14O3. The monoisotopic (exact) mass is 218 g/mol. The van der Waals surface area contributed by atoms with Crippen molar-refractivity contribution in [3.8, 4) is 0 Å². The average Bonchev–Trinajstić information content (AvgIpc) is 2.29. The van der Waals surface area contributed by atoms with Gasteiger partial charge in [0.2, 0.25) is 0 Å². The standard InChI is InChI=1S/C13H14O3/c1-8-4-3-5-10-11(8)6-9(7-12(10)14)13(15)16-2/h3-5,9H,6-7H2,1-2H3. The molecule has 0 saturated heterocycles. The van der Waals surface area contributed by atoms with Crippen molar-refractivity contribution in [1.82, 2.24) is 0 Å². The summed E-state index contributed by atoms with van der Waals surface area (Å²) in [5.41, 5.74) is 2.83. The van der Waals surface area contributed by atoms with Crippen LogP contribution < -0.4 is 0 Å². The summed E-state index contributed by atoms with van der Waals surface area (Å²) < 4.78 is 4.70. The number of hydrogen-bond donors (Lipinski definition) is 0. The molecule has 3 nitrogen and oxygen atoms in total. The summed E-state index contributed by atoms with van der Waals surface area (Å²) in [6.45, 7) is 1.96. The molecule has 84 valence electrons. The van der Waals surface area contributed by atoms with Crippen molar-refractivity contribution < 1.29 is 14.3 Å². The highest BCUT2D eigenvalue weighted by molar-refractivity contribution is 6.01. The van der Waals surface area contributed by atoms with Crippen molar-refractivity contribution >= 4 is 11.8 Å². The minimum absolute atomic E-state index is 0.0420. The third kappa shape index (κ3) is 1.73. The van der Waals surface area contributed by atoms with E-state index in [-0.39, 0.29) is 24.1 Å². The molecule has 1 aromatic carbocycles. The van der Waals surface area contributed by atoms with Gasteiger partial charge in [0.05, 0.1) is 13.0 Å². The molecular weight excluding hydrogens is 204 g/mol. The van der Waals surface area contributed by atoms with Crippen LogP contribution in [0, 0.1) is 12.8 Å². The molecule has 1 atom stereocenters. The Bertz CT molecular complexity index is 448. The van der Waals surface area contributed by atoms with Crippen molar-refractivity contribution in [3.05, 3.63) is 34.9 Å². The van der Waals surface area contributed by atoms with Crippen LogP contribution in [0.3, 0.4) is 0 Å². The SMILES string of the molecule is COC(=O)C1CC(=O)c2cccc(C)c2C1. The molecule has 2 rings (SSSR count). The second-order valence-corrected chi connectivity index (χ2v) is 4.15. The summed E-state index contributed by atoms with van der Waals surface area (Å²) in [5.74, 6) is -0.561. The van der Waals surface area contributed by atoms with E-state index in [2.05, 4.69) is 0 Å². The Balaban J connectivity index is 2.39. The van der Waals surface area contributed by atoms with Gasteiger partial charge in [0.1, 0.15) is 0 Å². The summed E-state index contributed by atoms with van der Waals surface area (Å²) >= 11 is 0. The number of carbonyl (C=O) groups excluding carboxylic acids is 2. The number of fused-ring (bicyclic) bond motifs is 1. The van der Waals surface area contributed by atoms with Crippen LogP contribution in [0.2, 0.25) is 0 Å². The van der Waals surface area contributed by atoms with E-state index in [9.17, 15) is 9.59 Å². The molecule has 0 spiro atoms. The second kappa shape index (κ2) is 4.08. The smallest absolute Gasteiger partial charge is 0.309 e. The first-order chi connectivity index (χ1) is 7.63. The number of methoxy groups -OCH3 is 1. The van der Waals surface area contributed by atoms with Gasteiger partial charge in [-0.15, -0.1) is 0 Å². The maximum Gasteiger partial charge on any atom is 0.309 e. The number of ketones is 1. The Morgan fingerprint density at radius 2 is 2.12 bits per heavy atom. The average molecular weight is 218 g/mol. The van der Waals surface area contributed by atoms with Crippen LogP contribution in [0.5, 0.6) is 0 Å². The minimum Gasteiger partial charge on any atom is -0.469 e. The van der Waals surface area contributed by atoms with Crippen LogP contribution in [0.4, 0.5) is 0 Å². The van der Waals surface area contributed by atoms with Gasteiger partial charge in [-0.2, -0.15) is 0 Å². The number of aryl methyl sites for hydroxylation is 1. The zero-order valence-corrected chi connectivity index (χ0v) is 9.45. The van der Waals surface area contributed by atoms with Crippen molar-refractivity contribution in [2.24, 2.45) is 5.92 Å². The fourth-order valence-corrected chi connectivity index (χ4v) is 2.22. The molecule has 1 aliphatic rings. The predicted octanol–water partition coefficient (Wildman–Crippen LogP) is 1.91. The Hall–Kier alpha value is -1.64. The van der Waals surface area contributed by atoms with Gasteiger partial charge in [0.25, 0.3) is 0 Å². The third-order valence-corrected chi connectivity index (χ3v) is 3.13. The lowest BCUT2D eigenvalue weighted by atomic mass is 9.81. The van der Waals surface area contributed by atoms with Crippen molar-refractivity contribution in [2.75, 3.05) is 7.11 Å². The summed E-state index contributed by atoms with van der Waals surface area (Å²) in [7, 11) is 1.36. The quantitative estimate of drug-likeness (QED) is 0.676. The normalized spacial score (nSPS) is 19.1. The molecule has 0 heterocycles. The molecule has 0 fully saturated rings. The summed E-state index contributed by atoms with van der Waals surface area (Å²) in [6.07, 6.45) is 0.879. The van der Waals surface area contributed by atoms with Gasteiger partial charge in [-0.1, -0.05) is 18.2 Å². The number of hydrogen-bond acceptors (Lipinski definition) is 3. The molecule has 3 heteroatoms. The Morgan fingerprint density at radius 3 is 2.81 bits per heavy atom. The maximum absolute atomic E-state index is 11.9. The number of benzene rings is 1. The molecule has 0 bridgehead atoms. The summed E-state index contributed by atoms with van der Waals surface area (Å²) in [5, 5.41) is 0. The zero-order valence-electron chi connectivity index (χ0n) is 9.45. The predicted molar refractivity (Wildman–Crippen MR) is 59.3 cm³/mol. The Labute approximate surface area is 94.4 Å². The first kappa shape index (κ1) is 10.9. The van der Waals surface area contributed by atoms with E-state index in [1.165, 1.54) is 7.11 Å². The number of rotatable bonds is 1. The number of ether oxygens (including phenoxy) is 1. The van der Waals surface area contributed by atoms with Gasteiger partial charge >= 0.3 is 5.97 Å². The van der Waals surface area contributed by atoms with E-state index < -0.39 is 0 Å². The number of esters is 1. The highest BCUT2D eigenvalue weighted by Crippen LogP contribution is 2.28. The van der Waals surface area contributed by atoms with Gasteiger partial charge in [0, 0.05) is 12.0 Å². The molecule has 0 amide bonds. The summed E-state index contributed by atoms with van der Waals surface area (Å²) in [4.78, 5) is 23.3. The van der Waals surface area contributed by atoms with Gasteiger partial charge in [-0.05, 0) is 24.5 Å². The lowest BCUT2D eigenvalue weighted by Crippen LogP contribution is -2.28. The number of Topliss-reactive ketones (excluding diaryl/α,β-unsaturated/α-hetero) is 1. The van der Waals surface area contributed by atoms with E-state index in [1.807, 2.05) is 25.1 Å². The van der Waals surface area contributed by atoms with Crippen LogP contribution in [0.1, 0.15) is 27.9 Å². The van der Waals surface area contributed by atoms with Crippen molar-refractivity contribution in [1.29, 1.82) is 0 Å². The second-order valence-electron chi connectivity index (χ2n) is 4.15. The van der Waals surface area contributed by atoms with Gasteiger partial charge in [-0.25, -0.2) is 0 Å². The fraction of sp³-hybridized carbons (Fsp3) is 0.385. The lowest BCUT2D eigenvalue weighted by molar-refractivity contribution is -0.145. The van der Waals surface area contributed by atoms with Gasteiger partial charge in [0.15, 0.2) is 5.78 Å². The first-order valence-corrected chi connectivity index (χ1v) is 5.33. The summed E-state index contributed by atoms with van der Waals surface area (Å²) in [6, 6.07) is 5.68. The molecule has 1 unspecified atom stereocenters. The van der Waals surface area contributed by atoms with E-state index in [1.54, 1.807) is 0 Å². The maximum atomic E-state index is 11.9. The van der Waals surface area contributed by atoms with Crippen LogP contribution in [0.25, 0.3) is 0 Å². The highest BCUT2D eigenvalue weighted by atomic mass is 16.5. The molecule has 1 aromatic rings. The van der Waals surface area contributed by atoms with Gasteiger partial charge in [-0.3, -0.25) is 9.59 Å². The molecule has 0 saturated carbocycles. The molecule has 0 N–H and O–H groups in total. The van der Waals surface area contributed by atoms with Crippen LogP contribution in [0.15, 0.2) is 18.2 Å². The van der Waals surface area contributed by atoms with Crippen molar-refractivity contribution in [3.63, 3.8) is 0 Å². The molecule has 1 aliphatic carbocycles. The zero-order chi connectivity index (χ0) is 11.7. The first-order valence-electron chi connectivity index (χ1n) is 5.33. The van der Waals surface area contributed by atoms with Gasteiger partial charge < -0.3 is 4.74 Å². The lowest BCUT2D eigenvalue weighted by Gasteiger charge is -2.23. The highest BCUT2D eigenvalue weighted by Gasteiger charge is 2.30. The van der Waals surface area contributed by atoms with Crippen LogP contribution in [-0.4, -0.2) is 18.9 Å². The topological polar surface area (TPSA) is 43.4 Å². The van der Waals surface area contributed by atoms with E-state index >= 15 is 0 Å². The van der Waals surface area contributed by atoms with Crippen LogP contribution in [-0.2, 0) is 16.0 Å². The van der Waals surface area contributed by atoms with E-state index in [0.717, 1.165) is 16.7 Å². The Morgan fingerprint density at radius 1 is 1.38 bits per heavy atom. The van der Waals surface area contributed by atoms with Crippen LogP contribution >= 0.6 is 0 Å². The number of carbonyl (C=O) groups is 2. The van der Waals surface area contributed by atoms with E-state index in [4.69, 9.17) is 4.74 Å². The van der Waals surface area contributed by atoms with E-state index in [0.29, 0.717) is 6.42 Å².